The molecular weight excluding hydrogens is 368 g/mol. The lowest BCUT2D eigenvalue weighted by Crippen LogP contribution is -2.43. The van der Waals surface area contributed by atoms with Crippen LogP contribution in [-0.4, -0.2) is 26.1 Å². The molecule has 4 rings (SSSR count). The van der Waals surface area contributed by atoms with Crippen molar-refractivity contribution in [1.82, 2.24) is 0 Å². The molecule has 6 heteroatoms. The van der Waals surface area contributed by atoms with Crippen LogP contribution in [0.5, 0.6) is 5.75 Å². The van der Waals surface area contributed by atoms with Gasteiger partial charge in [0.25, 0.3) is 5.91 Å². The summed E-state index contributed by atoms with van der Waals surface area (Å²) in [6.07, 6.45) is -0.433. The van der Waals surface area contributed by atoms with Crippen LogP contribution >= 0.6 is 0 Å². The third kappa shape index (κ3) is 3.40. The summed E-state index contributed by atoms with van der Waals surface area (Å²) < 4.78 is 10.0. The van der Waals surface area contributed by atoms with Crippen molar-refractivity contribution in [3.8, 4) is 5.75 Å². The van der Waals surface area contributed by atoms with Gasteiger partial charge in [-0.3, -0.25) is 9.69 Å². The Balaban J connectivity index is 1.78. The predicted molar refractivity (Wildman–Crippen MR) is 110 cm³/mol. The molecule has 1 aliphatic rings. The molecule has 1 aliphatic heterocycles. The number of carbonyl (C=O) groups excluding carboxylic acids is 2. The fraction of sp³-hybridized carbons (Fsp3) is 0.130. The van der Waals surface area contributed by atoms with Gasteiger partial charge in [0.15, 0.2) is 0 Å². The van der Waals surface area contributed by atoms with Gasteiger partial charge in [0.05, 0.1) is 25.3 Å². The second-order valence-electron chi connectivity index (χ2n) is 6.58. The fourth-order valence-electron chi connectivity index (χ4n) is 3.42. The average molecular weight is 388 g/mol. The quantitative estimate of drug-likeness (QED) is 0.677. The van der Waals surface area contributed by atoms with E-state index in [1.807, 2.05) is 54.6 Å². The van der Waals surface area contributed by atoms with Crippen molar-refractivity contribution >= 4 is 23.3 Å². The molecule has 1 N–H and O–H groups in total. The molecule has 0 bridgehead atoms. The molecule has 1 heterocycles. The van der Waals surface area contributed by atoms with Gasteiger partial charge in [-0.25, -0.2) is 4.79 Å². The topological polar surface area (TPSA) is 67.9 Å². The molecule has 0 unspecified atom stereocenters. The number of fused-ring (bicyclic) bond motifs is 1. The van der Waals surface area contributed by atoms with Gasteiger partial charge in [0, 0.05) is 11.4 Å². The zero-order chi connectivity index (χ0) is 20.4. The van der Waals surface area contributed by atoms with E-state index < -0.39 is 12.1 Å². The first kappa shape index (κ1) is 18.6. The van der Waals surface area contributed by atoms with Crippen LogP contribution in [-0.2, 0) is 4.74 Å². The summed E-state index contributed by atoms with van der Waals surface area (Å²) in [5, 5.41) is 3.44. The van der Waals surface area contributed by atoms with Gasteiger partial charge in [-0.15, -0.1) is 0 Å². The van der Waals surface area contributed by atoms with E-state index in [-0.39, 0.29) is 5.91 Å². The summed E-state index contributed by atoms with van der Waals surface area (Å²) >= 11 is 0. The van der Waals surface area contributed by atoms with Gasteiger partial charge in [-0.05, 0) is 54.1 Å². The molecule has 0 aromatic heterocycles. The van der Waals surface area contributed by atoms with E-state index >= 15 is 0 Å². The van der Waals surface area contributed by atoms with E-state index in [9.17, 15) is 9.59 Å². The standard InChI is InChI=1S/C23H20N2O4/c1-28-18-13-11-17(12-14-18)25-21(15-7-9-16(10-8-15)23(27)29-2)24-20-6-4-3-5-19(20)22(25)26/h3-14,21,24H,1-2H3/t21-/m0/s1. The summed E-state index contributed by atoms with van der Waals surface area (Å²) in [4.78, 5) is 26.8. The monoisotopic (exact) mass is 388 g/mol. The van der Waals surface area contributed by atoms with Crippen LogP contribution in [0.1, 0.15) is 32.4 Å². The van der Waals surface area contributed by atoms with Crippen LogP contribution in [0.25, 0.3) is 0 Å². The van der Waals surface area contributed by atoms with E-state index in [1.165, 1.54) is 7.11 Å². The van der Waals surface area contributed by atoms with E-state index in [1.54, 1.807) is 30.2 Å². The second-order valence-corrected chi connectivity index (χ2v) is 6.58. The van der Waals surface area contributed by atoms with Crippen LogP contribution in [0.4, 0.5) is 11.4 Å². The number of ether oxygens (including phenoxy) is 2. The van der Waals surface area contributed by atoms with Crippen molar-refractivity contribution in [2.45, 2.75) is 6.17 Å². The number of hydrogen-bond donors (Lipinski definition) is 1. The summed E-state index contributed by atoms with van der Waals surface area (Å²) in [6, 6.07) is 21.8. The fourth-order valence-corrected chi connectivity index (χ4v) is 3.42. The maximum absolute atomic E-state index is 13.4. The zero-order valence-electron chi connectivity index (χ0n) is 16.1. The molecule has 6 nitrogen and oxygen atoms in total. The lowest BCUT2D eigenvalue weighted by Gasteiger charge is -2.38. The Morgan fingerprint density at radius 3 is 2.28 bits per heavy atom. The lowest BCUT2D eigenvalue weighted by atomic mass is 10.0. The first-order valence-corrected chi connectivity index (χ1v) is 9.14. The highest BCUT2D eigenvalue weighted by Crippen LogP contribution is 2.37. The number of para-hydroxylation sites is 1. The molecule has 0 saturated carbocycles. The molecule has 29 heavy (non-hydrogen) atoms. The number of rotatable bonds is 4. The van der Waals surface area contributed by atoms with Gasteiger partial charge in [-0.1, -0.05) is 24.3 Å². The van der Waals surface area contributed by atoms with Crippen molar-refractivity contribution in [3.63, 3.8) is 0 Å². The van der Waals surface area contributed by atoms with E-state index in [2.05, 4.69) is 5.32 Å². The van der Waals surface area contributed by atoms with Crippen LogP contribution < -0.4 is 15.0 Å². The van der Waals surface area contributed by atoms with Crippen molar-refractivity contribution in [1.29, 1.82) is 0 Å². The number of methoxy groups -OCH3 is 2. The molecule has 1 amide bonds. The largest absolute Gasteiger partial charge is 0.497 e. The summed E-state index contributed by atoms with van der Waals surface area (Å²) in [5.74, 6) is 0.207. The van der Waals surface area contributed by atoms with Gasteiger partial charge in [-0.2, -0.15) is 0 Å². The van der Waals surface area contributed by atoms with Crippen molar-refractivity contribution in [2.75, 3.05) is 24.4 Å². The number of benzene rings is 3. The van der Waals surface area contributed by atoms with E-state index in [0.717, 1.165) is 16.9 Å². The van der Waals surface area contributed by atoms with Crippen molar-refractivity contribution in [3.05, 3.63) is 89.5 Å². The Kier molecular flexibility index (Phi) is 4.91. The minimum atomic E-state index is -0.433. The molecule has 1 atom stereocenters. The summed E-state index contributed by atoms with van der Waals surface area (Å²) in [6.45, 7) is 0. The Morgan fingerprint density at radius 1 is 0.931 bits per heavy atom. The molecular formula is C23H20N2O4. The predicted octanol–water partition coefficient (Wildman–Crippen LogP) is 4.25. The van der Waals surface area contributed by atoms with Crippen molar-refractivity contribution < 1.29 is 19.1 Å². The van der Waals surface area contributed by atoms with Gasteiger partial charge in [0.2, 0.25) is 0 Å². The smallest absolute Gasteiger partial charge is 0.337 e. The maximum atomic E-state index is 13.4. The number of esters is 1. The maximum Gasteiger partial charge on any atom is 0.337 e. The van der Waals surface area contributed by atoms with Crippen molar-refractivity contribution in [2.24, 2.45) is 0 Å². The highest BCUT2D eigenvalue weighted by molar-refractivity contribution is 6.12. The van der Waals surface area contributed by atoms with E-state index in [0.29, 0.717) is 16.9 Å². The van der Waals surface area contributed by atoms with Gasteiger partial charge >= 0.3 is 5.97 Å². The Hall–Kier alpha value is -3.80. The SMILES string of the molecule is COC(=O)c1ccc([C@H]2Nc3ccccc3C(=O)N2c2ccc(OC)cc2)cc1. The molecule has 0 saturated heterocycles. The Morgan fingerprint density at radius 2 is 1.62 bits per heavy atom. The number of anilines is 2. The number of nitrogens with one attached hydrogen (secondary N) is 1. The molecule has 3 aromatic carbocycles. The zero-order valence-corrected chi connectivity index (χ0v) is 16.1. The van der Waals surface area contributed by atoms with Crippen LogP contribution in [0.15, 0.2) is 72.8 Å². The van der Waals surface area contributed by atoms with Gasteiger partial charge in [0.1, 0.15) is 11.9 Å². The Labute approximate surface area is 168 Å². The van der Waals surface area contributed by atoms with Crippen LogP contribution in [0, 0.1) is 0 Å². The first-order chi connectivity index (χ1) is 14.1. The molecule has 0 spiro atoms. The van der Waals surface area contributed by atoms with Gasteiger partial charge < -0.3 is 14.8 Å². The minimum absolute atomic E-state index is 0.105. The second kappa shape index (κ2) is 7.67. The third-order valence-electron chi connectivity index (χ3n) is 4.92. The summed E-state index contributed by atoms with van der Waals surface area (Å²) in [7, 11) is 2.95. The molecule has 0 aliphatic carbocycles. The number of amides is 1. The normalized spacial score (nSPS) is 15.3. The highest BCUT2D eigenvalue weighted by atomic mass is 16.5. The molecule has 146 valence electrons. The van der Waals surface area contributed by atoms with Crippen LogP contribution in [0.2, 0.25) is 0 Å². The third-order valence-corrected chi connectivity index (χ3v) is 4.92. The highest BCUT2D eigenvalue weighted by Gasteiger charge is 2.34. The minimum Gasteiger partial charge on any atom is -0.497 e. The van der Waals surface area contributed by atoms with E-state index in [4.69, 9.17) is 9.47 Å². The summed E-state index contributed by atoms with van der Waals surface area (Å²) in [5.41, 5.74) is 3.40. The number of nitrogens with zero attached hydrogens (tertiary/aromatic N) is 1. The van der Waals surface area contributed by atoms with Crippen LogP contribution in [0.3, 0.4) is 0 Å². The molecule has 0 fully saturated rings. The number of carbonyl (C=O) groups is 2. The lowest BCUT2D eigenvalue weighted by molar-refractivity contribution is 0.0600. The average Bonchev–Trinajstić information content (AvgIpc) is 2.79. The first-order valence-electron chi connectivity index (χ1n) is 9.14. The molecule has 3 aromatic rings. The molecule has 0 radical (unpaired) electrons. The number of hydrogen-bond acceptors (Lipinski definition) is 5. The Bertz CT molecular complexity index is 1050.